The van der Waals surface area contributed by atoms with Crippen LogP contribution >= 0.6 is 12.2 Å². The van der Waals surface area contributed by atoms with Crippen molar-refractivity contribution < 1.29 is 9.53 Å². The Bertz CT molecular complexity index is 818. The van der Waals surface area contributed by atoms with Crippen molar-refractivity contribution in [2.45, 2.75) is 40.2 Å². The van der Waals surface area contributed by atoms with Gasteiger partial charge in [-0.15, -0.1) is 0 Å². The number of benzene rings is 2. The summed E-state index contributed by atoms with van der Waals surface area (Å²) in [5, 5.41) is 7.10. The van der Waals surface area contributed by atoms with Crippen molar-refractivity contribution in [3.8, 4) is 0 Å². The number of thiocarbonyl (C=S) groups is 1. The van der Waals surface area contributed by atoms with Gasteiger partial charge in [-0.1, -0.05) is 31.2 Å². The summed E-state index contributed by atoms with van der Waals surface area (Å²) in [5.41, 5.74) is 6.04. The molecule has 0 saturated heterocycles. The number of aryl methyl sites for hydroxylation is 3. The molecule has 138 valence electrons. The molecular weight excluding hydrogens is 344 g/mol. The van der Waals surface area contributed by atoms with Crippen molar-refractivity contribution in [1.29, 1.82) is 0 Å². The van der Waals surface area contributed by atoms with E-state index < -0.39 is 0 Å². The molecule has 5 heteroatoms. The molecule has 0 saturated carbocycles. The number of ether oxygens (including phenoxy) is 1. The van der Waals surface area contributed by atoms with E-state index in [4.69, 9.17) is 17.0 Å². The second-order valence-corrected chi connectivity index (χ2v) is 6.83. The number of esters is 1. The van der Waals surface area contributed by atoms with Crippen molar-refractivity contribution in [2.24, 2.45) is 0 Å². The molecule has 0 aromatic heterocycles. The van der Waals surface area contributed by atoms with Gasteiger partial charge in [-0.2, -0.15) is 0 Å². The molecule has 0 heterocycles. The van der Waals surface area contributed by atoms with E-state index in [0.717, 1.165) is 17.7 Å². The molecule has 2 rings (SSSR count). The number of carbonyl (C=O) groups is 1. The van der Waals surface area contributed by atoms with Crippen LogP contribution in [0.5, 0.6) is 0 Å². The molecule has 2 aromatic carbocycles. The smallest absolute Gasteiger partial charge is 0.337 e. The normalized spacial score (nSPS) is 11.6. The minimum atomic E-state index is -0.367. The summed E-state index contributed by atoms with van der Waals surface area (Å²) in [7, 11) is 1.37. The fourth-order valence-electron chi connectivity index (χ4n) is 2.72. The van der Waals surface area contributed by atoms with Crippen LogP contribution in [0.15, 0.2) is 36.4 Å². The average Bonchev–Trinajstić information content (AvgIpc) is 2.63. The zero-order valence-corrected chi connectivity index (χ0v) is 16.8. The lowest BCUT2D eigenvalue weighted by Gasteiger charge is -2.21. The first-order chi connectivity index (χ1) is 12.3. The molecule has 26 heavy (non-hydrogen) atoms. The summed E-state index contributed by atoms with van der Waals surface area (Å²) in [6.07, 6.45) is 0.908. The molecule has 0 amide bonds. The summed E-state index contributed by atoms with van der Waals surface area (Å²) in [6, 6.07) is 12.0. The first kappa shape index (κ1) is 19.9. The number of anilines is 1. The summed E-state index contributed by atoms with van der Waals surface area (Å²) >= 11 is 5.50. The minimum Gasteiger partial charge on any atom is -0.465 e. The predicted octanol–water partition coefficient (Wildman–Crippen LogP) is 4.84. The Morgan fingerprint density at radius 3 is 2.38 bits per heavy atom. The van der Waals surface area contributed by atoms with Gasteiger partial charge in [0.1, 0.15) is 0 Å². The van der Waals surface area contributed by atoms with Crippen molar-refractivity contribution in [3.05, 3.63) is 64.2 Å². The highest BCUT2D eigenvalue weighted by atomic mass is 32.1. The lowest BCUT2D eigenvalue weighted by atomic mass is 9.99. The molecule has 0 aliphatic rings. The van der Waals surface area contributed by atoms with Gasteiger partial charge in [0, 0.05) is 5.69 Å². The van der Waals surface area contributed by atoms with Crippen LogP contribution in [0.25, 0.3) is 0 Å². The van der Waals surface area contributed by atoms with Crippen LogP contribution in [0.2, 0.25) is 0 Å². The Morgan fingerprint density at radius 1 is 1.08 bits per heavy atom. The van der Waals surface area contributed by atoms with E-state index in [-0.39, 0.29) is 12.0 Å². The third-order valence-electron chi connectivity index (χ3n) is 4.55. The fraction of sp³-hybridized carbons (Fsp3) is 0.333. The van der Waals surface area contributed by atoms with Crippen LogP contribution in [0, 0.1) is 20.8 Å². The standard InChI is InChI=1S/C21H26N2O2S/c1-6-18(16-9-7-13(2)15(4)11-16)22-21(26)23-19-12-17(20(24)25-5)10-8-14(19)3/h7-12,18H,6H2,1-5H3,(H2,22,23,26)/t18-/m0/s1. The van der Waals surface area contributed by atoms with Gasteiger partial charge in [-0.05, 0) is 73.8 Å². The average molecular weight is 371 g/mol. The van der Waals surface area contributed by atoms with E-state index in [9.17, 15) is 4.79 Å². The van der Waals surface area contributed by atoms with Crippen LogP contribution in [0.4, 0.5) is 5.69 Å². The van der Waals surface area contributed by atoms with Crippen molar-refractivity contribution in [2.75, 3.05) is 12.4 Å². The van der Waals surface area contributed by atoms with E-state index in [1.54, 1.807) is 12.1 Å². The summed E-state index contributed by atoms with van der Waals surface area (Å²) < 4.78 is 4.78. The van der Waals surface area contributed by atoms with E-state index in [1.807, 2.05) is 13.0 Å². The van der Waals surface area contributed by atoms with Gasteiger partial charge in [0.25, 0.3) is 0 Å². The Labute approximate surface area is 161 Å². The monoisotopic (exact) mass is 370 g/mol. The van der Waals surface area contributed by atoms with Crippen molar-refractivity contribution in [1.82, 2.24) is 5.32 Å². The minimum absolute atomic E-state index is 0.124. The van der Waals surface area contributed by atoms with Gasteiger partial charge in [0.05, 0.1) is 18.7 Å². The molecule has 2 N–H and O–H groups in total. The predicted molar refractivity (Wildman–Crippen MR) is 111 cm³/mol. The highest BCUT2D eigenvalue weighted by Crippen LogP contribution is 2.21. The second kappa shape index (κ2) is 8.81. The SMILES string of the molecule is CC[C@H](NC(=S)Nc1cc(C(=O)OC)ccc1C)c1ccc(C)c(C)c1. The molecular formula is C21H26N2O2S. The number of carbonyl (C=O) groups excluding carboxylic acids is 1. The third-order valence-corrected chi connectivity index (χ3v) is 4.77. The van der Waals surface area contributed by atoms with Crippen molar-refractivity contribution >= 4 is 29.0 Å². The van der Waals surface area contributed by atoms with Gasteiger partial charge < -0.3 is 15.4 Å². The van der Waals surface area contributed by atoms with Gasteiger partial charge in [0.2, 0.25) is 0 Å². The Balaban J connectivity index is 2.14. The van der Waals surface area contributed by atoms with Crippen LogP contribution in [0.3, 0.4) is 0 Å². The first-order valence-corrected chi connectivity index (χ1v) is 9.10. The first-order valence-electron chi connectivity index (χ1n) is 8.69. The Kier molecular flexibility index (Phi) is 6.75. The van der Waals surface area contributed by atoms with Crippen molar-refractivity contribution in [3.63, 3.8) is 0 Å². The summed E-state index contributed by atoms with van der Waals surface area (Å²) in [6.45, 7) is 8.31. The third kappa shape index (κ3) is 4.82. The zero-order valence-electron chi connectivity index (χ0n) is 16.0. The Hall–Kier alpha value is -2.40. The maximum atomic E-state index is 11.7. The molecule has 0 unspecified atom stereocenters. The number of hydrogen-bond donors (Lipinski definition) is 2. The van der Waals surface area contributed by atoms with Gasteiger partial charge in [-0.25, -0.2) is 4.79 Å². The van der Waals surface area contributed by atoms with E-state index >= 15 is 0 Å². The summed E-state index contributed by atoms with van der Waals surface area (Å²) in [5.74, 6) is -0.367. The van der Waals surface area contributed by atoms with Gasteiger partial charge in [0.15, 0.2) is 5.11 Å². The second-order valence-electron chi connectivity index (χ2n) is 6.42. The lowest BCUT2D eigenvalue weighted by Crippen LogP contribution is -2.32. The molecule has 0 radical (unpaired) electrons. The van der Waals surface area contributed by atoms with E-state index in [2.05, 4.69) is 49.6 Å². The molecule has 0 bridgehead atoms. The number of hydrogen-bond acceptors (Lipinski definition) is 3. The Morgan fingerprint density at radius 2 is 1.77 bits per heavy atom. The highest BCUT2D eigenvalue weighted by molar-refractivity contribution is 7.80. The number of rotatable bonds is 5. The maximum absolute atomic E-state index is 11.7. The topological polar surface area (TPSA) is 50.4 Å². The molecule has 4 nitrogen and oxygen atoms in total. The lowest BCUT2D eigenvalue weighted by molar-refractivity contribution is 0.0601. The zero-order chi connectivity index (χ0) is 19.3. The molecule has 0 aliphatic carbocycles. The van der Waals surface area contributed by atoms with Crippen LogP contribution < -0.4 is 10.6 Å². The fourth-order valence-corrected chi connectivity index (χ4v) is 2.97. The number of methoxy groups -OCH3 is 1. The van der Waals surface area contributed by atoms with Gasteiger partial charge in [-0.3, -0.25) is 0 Å². The molecule has 0 fully saturated rings. The highest BCUT2D eigenvalue weighted by Gasteiger charge is 2.13. The molecule has 0 spiro atoms. The molecule has 2 aromatic rings. The van der Waals surface area contributed by atoms with Gasteiger partial charge >= 0.3 is 5.97 Å². The quantitative estimate of drug-likeness (QED) is 0.583. The van der Waals surface area contributed by atoms with Crippen LogP contribution in [-0.2, 0) is 4.74 Å². The van der Waals surface area contributed by atoms with E-state index in [0.29, 0.717) is 10.7 Å². The van der Waals surface area contributed by atoms with Crippen LogP contribution in [-0.4, -0.2) is 18.2 Å². The molecule has 1 atom stereocenters. The largest absolute Gasteiger partial charge is 0.465 e. The van der Waals surface area contributed by atoms with E-state index in [1.165, 1.54) is 23.8 Å². The maximum Gasteiger partial charge on any atom is 0.337 e. The summed E-state index contributed by atoms with van der Waals surface area (Å²) in [4.78, 5) is 11.7. The van der Waals surface area contributed by atoms with Crippen LogP contribution in [0.1, 0.15) is 52.0 Å². The molecule has 0 aliphatic heterocycles. The number of nitrogens with one attached hydrogen (secondary N) is 2.